The molecule has 5 rings (SSSR count). The number of hydrogen-bond acceptors (Lipinski definition) is 13. The molecule has 1 aliphatic carbocycles. The molecule has 2 saturated heterocycles. The van der Waals surface area contributed by atoms with Gasteiger partial charge in [-0.05, 0) is 145 Å². The molecule has 1 aromatic rings. The van der Waals surface area contributed by atoms with Gasteiger partial charge in [-0.3, -0.25) is 14.4 Å². The van der Waals surface area contributed by atoms with Crippen molar-refractivity contribution in [2.24, 2.45) is 35.3 Å². The van der Waals surface area contributed by atoms with Crippen LogP contribution in [0, 0.1) is 29.6 Å². The minimum Gasteiger partial charge on any atom is -0.461 e. The summed E-state index contributed by atoms with van der Waals surface area (Å²) in [6.45, 7) is 11.0. The van der Waals surface area contributed by atoms with Crippen molar-refractivity contribution in [2.75, 3.05) is 26.1 Å². The van der Waals surface area contributed by atoms with E-state index >= 15 is 0 Å². The molecule has 0 radical (unpaired) electrons. The second-order valence-corrected chi connectivity index (χ2v) is 21.4. The summed E-state index contributed by atoms with van der Waals surface area (Å²) in [7, 11) is 2.95. The Labute approximate surface area is 430 Å². The average molecular weight is 1030 g/mol. The Morgan fingerprint density at radius 3 is 2.26 bits per heavy atom. The van der Waals surface area contributed by atoms with Gasteiger partial charge in [-0.15, -0.1) is 0 Å². The molecule has 0 spiro atoms. The van der Waals surface area contributed by atoms with Gasteiger partial charge in [0.05, 0.1) is 23.9 Å². The Hall–Kier alpha value is -4.23. The van der Waals surface area contributed by atoms with Crippen molar-refractivity contribution in [1.82, 2.24) is 4.90 Å². The second kappa shape index (κ2) is 27.0. The number of halogens is 3. The van der Waals surface area contributed by atoms with Crippen LogP contribution in [0.5, 0.6) is 0 Å². The Morgan fingerprint density at radius 1 is 0.877 bits per heavy atom. The van der Waals surface area contributed by atoms with Crippen molar-refractivity contribution in [1.29, 1.82) is 0 Å². The topological polar surface area (TPSA) is 207 Å². The van der Waals surface area contributed by atoms with Crippen molar-refractivity contribution in [3.05, 3.63) is 77.4 Å². The van der Waals surface area contributed by atoms with Crippen LogP contribution in [0.4, 0.5) is 18.9 Å². The lowest BCUT2D eigenvalue weighted by molar-refractivity contribution is -0.263. The third kappa shape index (κ3) is 16.1. The van der Waals surface area contributed by atoms with Crippen molar-refractivity contribution >= 4 is 29.1 Å². The Kier molecular flexibility index (Phi) is 22.1. The molecular weight excluding hydrogens is 948 g/mol. The average Bonchev–Trinajstić information content (AvgIpc) is 3.35. The number of anilines is 1. The number of aliphatic hydroxyl groups is 3. The molecule has 2 bridgehead atoms. The van der Waals surface area contributed by atoms with Gasteiger partial charge < -0.3 is 50.2 Å². The lowest BCUT2D eigenvalue weighted by Crippen LogP contribution is -2.61. The van der Waals surface area contributed by atoms with Gasteiger partial charge in [-0.2, -0.15) is 13.2 Å². The summed E-state index contributed by atoms with van der Waals surface area (Å²) < 4.78 is 64.3. The summed E-state index contributed by atoms with van der Waals surface area (Å²) in [5.74, 6) is -7.14. The zero-order valence-corrected chi connectivity index (χ0v) is 44.0. The molecule has 3 heterocycles. The van der Waals surface area contributed by atoms with Crippen molar-refractivity contribution < 1.29 is 66.6 Å². The lowest BCUT2D eigenvalue weighted by Gasteiger charge is -2.43. The molecule has 14 nitrogen and oxygen atoms in total. The van der Waals surface area contributed by atoms with E-state index in [0.29, 0.717) is 75.5 Å². The van der Waals surface area contributed by atoms with Crippen LogP contribution >= 0.6 is 0 Å². The highest BCUT2D eigenvalue weighted by Gasteiger charge is 2.53. The number of carbonyl (C=O) groups excluding carboxylic acids is 4. The van der Waals surface area contributed by atoms with Crippen LogP contribution in [0.2, 0.25) is 0 Å². The predicted octanol–water partition coefficient (Wildman–Crippen LogP) is 8.18. The van der Waals surface area contributed by atoms with Gasteiger partial charge in [0.15, 0.2) is 5.78 Å². The van der Waals surface area contributed by atoms with Crippen molar-refractivity contribution in [3.63, 3.8) is 0 Å². The maximum absolute atomic E-state index is 14.5. The van der Waals surface area contributed by atoms with Gasteiger partial charge in [0.25, 0.3) is 11.7 Å². The first-order chi connectivity index (χ1) is 34.5. The van der Waals surface area contributed by atoms with Crippen molar-refractivity contribution in [2.45, 2.75) is 192 Å². The number of nitrogens with two attached hydrogens (primary N) is 1. The molecule has 73 heavy (non-hydrogen) atoms. The molecule has 0 aromatic heterocycles. The summed E-state index contributed by atoms with van der Waals surface area (Å²) in [4.78, 5) is 58.3. The highest BCUT2D eigenvalue weighted by atomic mass is 19.4. The molecule has 1 amide bonds. The Balaban J connectivity index is 1.49. The second-order valence-electron chi connectivity index (χ2n) is 21.4. The van der Waals surface area contributed by atoms with Crippen LogP contribution in [-0.4, -0.2) is 125 Å². The number of esters is 1. The summed E-state index contributed by atoms with van der Waals surface area (Å²) in [6, 6.07) is 2.30. The Bertz CT molecular complexity index is 2130. The fourth-order valence-electron chi connectivity index (χ4n) is 11.0. The summed E-state index contributed by atoms with van der Waals surface area (Å²) in [5.41, 5.74) is 7.47. The molecule has 3 fully saturated rings. The van der Waals surface area contributed by atoms with Crippen molar-refractivity contribution in [3.8, 4) is 0 Å². The lowest BCUT2D eigenvalue weighted by atomic mass is 9.78. The number of aliphatic hydroxyl groups excluding tert-OH is 2. The van der Waals surface area contributed by atoms with E-state index < -0.39 is 95.7 Å². The number of methoxy groups -OCH3 is 2. The number of rotatable bonds is 7. The summed E-state index contributed by atoms with van der Waals surface area (Å²) >= 11 is 0. The number of hydrogen-bond donors (Lipinski definition) is 5. The standard InChI is InChI=1S/C56H82F3N3O11/c1-33-14-10-9-11-15-34(2)44(61-42-22-19-40(20-23-42)56(57,58)59)32-43-24-17-38(6)55(69,73-43)52(66)53(67)62-27-13-12-16-45(62)54(68)72-47(35(3)29-39-18-25-46(63)48(31-39)70-7)26-21-41(60)30-37(5)50(65)51(71-8)49(64)36(4)28-33/h9-11,14-15,19-20,22-23,30,33,35-36,38-39,41,43-48,50-51,61,63,65,69H,12-13,16-18,21,24-29,31-32,60H2,1-8H3/b11-9+,14-10+,34-15+,37-30+/t33-,35-,36?,38?,39?,41+,43+,44+,45?,46-,47+,48?,50?,51+,55?/m1/s1. The third-order valence-corrected chi connectivity index (χ3v) is 15.6. The molecule has 408 valence electrons. The SMILES string of the molecule is COC1CC(C[C@@H](C)[C@@H]2CC[C@H](N)/C=C(\C)C(O)[C@@H](OC)C(=O)C(C)C[C@H](C)/C=C/C=C/C=C(\C)[C@@H](Nc3ccc(C(F)(F)F)cc3)C[C@@H]3CCC(C)C(O)(O3)C(=O)C(=O)N3CCCCC3C(=O)O2)CC[C@H]1O. The fraction of sp³-hybridized carbons (Fsp3) is 0.679. The van der Waals surface area contributed by atoms with E-state index in [9.17, 15) is 47.7 Å². The largest absolute Gasteiger partial charge is 0.461 e. The number of ether oxygens (including phenoxy) is 4. The highest BCUT2D eigenvalue weighted by Crippen LogP contribution is 2.38. The number of allylic oxidation sites excluding steroid dienone is 5. The smallest absolute Gasteiger partial charge is 0.416 e. The molecule has 6 N–H and O–H groups in total. The van der Waals surface area contributed by atoms with Gasteiger partial charge in [-0.25, -0.2) is 4.79 Å². The summed E-state index contributed by atoms with van der Waals surface area (Å²) in [6.07, 6.45) is 7.42. The van der Waals surface area contributed by atoms with Crippen LogP contribution < -0.4 is 11.1 Å². The van der Waals surface area contributed by atoms with Gasteiger partial charge in [0.1, 0.15) is 24.4 Å². The molecule has 7 unspecified atom stereocenters. The normalized spacial score (nSPS) is 37.4. The zero-order valence-electron chi connectivity index (χ0n) is 44.0. The quantitative estimate of drug-likeness (QED) is 0.0994. The molecule has 1 saturated carbocycles. The number of amides is 1. The number of fused-ring (bicyclic) bond motifs is 3. The van der Waals surface area contributed by atoms with E-state index in [0.717, 1.165) is 24.1 Å². The first kappa shape index (κ1) is 59.6. The summed E-state index contributed by atoms with van der Waals surface area (Å²) in [5, 5.41) is 37.5. The number of nitrogens with zero attached hydrogens (tertiary/aromatic N) is 1. The maximum Gasteiger partial charge on any atom is 0.416 e. The third-order valence-electron chi connectivity index (χ3n) is 15.6. The predicted molar refractivity (Wildman–Crippen MR) is 272 cm³/mol. The zero-order chi connectivity index (χ0) is 53.8. The number of benzene rings is 1. The minimum atomic E-state index is -4.53. The monoisotopic (exact) mass is 1030 g/mol. The van der Waals surface area contributed by atoms with Crippen LogP contribution in [0.1, 0.15) is 131 Å². The molecule has 17 heteroatoms. The Morgan fingerprint density at radius 2 is 1.59 bits per heavy atom. The van der Waals surface area contributed by atoms with Crippen LogP contribution in [-0.2, 0) is 44.3 Å². The van der Waals surface area contributed by atoms with E-state index in [-0.39, 0.29) is 49.0 Å². The van der Waals surface area contributed by atoms with Gasteiger partial charge >= 0.3 is 12.1 Å². The number of carbonyl (C=O) groups is 4. The molecular formula is C56H82F3N3O11. The number of cyclic esters (lactones) is 1. The van der Waals surface area contributed by atoms with E-state index in [1.54, 1.807) is 40.0 Å². The first-order valence-electron chi connectivity index (χ1n) is 26.3. The molecule has 1 aromatic carbocycles. The number of alkyl halides is 3. The number of nitrogens with one attached hydrogen (secondary N) is 1. The molecule has 15 atom stereocenters. The van der Waals surface area contributed by atoms with E-state index in [1.165, 1.54) is 24.1 Å². The highest BCUT2D eigenvalue weighted by molar-refractivity contribution is 6.39. The maximum atomic E-state index is 14.5. The fourth-order valence-corrected chi connectivity index (χ4v) is 11.0. The van der Waals surface area contributed by atoms with E-state index in [4.69, 9.17) is 24.7 Å². The number of ketones is 2. The first-order valence-corrected chi connectivity index (χ1v) is 26.3. The van der Waals surface area contributed by atoms with Crippen LogP contribution in [0.3, 0.4) is 0 Å². The number of Topliss-reactive ketones (excluding diaryl/α,β-unsaturated/α-hetero) is 2. The van der Waals surface area contributed by atoms with E-state index in [2.05, 4.69) is 5.32 Å². The van der Waals surface area contributed by atoms with Crippen LogP contribution in [0.15, 0.2) is 71.9 Å². The van der Waals surface area contributed by atoms with Gasteiger partial charge in [0.2, 0.25) is 5.79 Å². The molecule has 3 aliphatic heterocycles. The van der Waals surface area contributed by atoms with Gasteiger partial charge in [-0.1, -0.05) is 69.7 Å². The molecule has 4 aliphatic rings. The van der Waals surface area contributed by atoms with E-state index in [1.807, 2.05) is 45.1 Å². The number of piperidine rings is 1. The minimum absolute atomic E-state index is 0.0472. The van der Waals surface area contributed by atoms with Gasteiger partial charge in [0, 0.05) is 50.4 Å². The van der Waals surface area contributed by atoms with Crippen LogP contribution in [0.25, 0.3) is 0 Å².